The molecule has 3 aliphatic rings. The minimum absolute atomic E-state index is 0.0574. The first-order valence-corrected chi connectivity index (χ1v) is 4.46. The molecule has 1 N–H and O–H groups in total. The maximum atomic E-state index is 9.58. The topological polar surface area (TPSA) is 20.2 Å². The van der Waals surface area contributed by atoms with Gasteiger partial charge in [0.2, 0.25) is 0 Å². The van der Waals surface area contributed by atoms with Crippen LogP contribution in [0.4, 0.5) is 0 Å². The zero-order chi connectivity index (χ0) is 8.06. The Morgan fingerprint density at radius 2 is 2.09 bits per heavy atom. The van der Waals surface area contributed by atoms with Gasteiger partial charge in [-0.25, -0.2) is 0 Å². The fraction of sp³-hybridized carbons (Fsp3) is 0.800. The molecule has 1 nitrogen and oxygen atoms in total. The van der Waals surface area contributed by atoms with E-state index in [1.54, 1.807) is 0 Å². The fourth-order valence-corrected chi connectivity index (χ4v) is 2.46. The van der Waals surface area contributed by atoms with Crippen LogP contribution in [0.2, 0.25) is 0 Å². The van der Waals surface area contributed by atoms with Crippen LogP contribution in [-0.4, -0.2) is 11.2 Å². The highest BCUT2D eigenvalue weighted by molar-refractivity contribution is 5.12. The summed E-state index contributed by atoms with van der Waals surface area (Å²) in [5, 5.41) is 9.58. The van der Waals surface area contributed by atoms with Crippen LogP contribution >= 0.6 is 0 Å². The lowest BCUT2D eigenvalue weighted by Gasteiger charge is -2.46. The second-order valence-electron chi connectivity index (χ2n) is 4.65. The molecule has 0 heterocycles. The van der Waals surface area contributed by atoms with E-state index in [1.807, 2.05) is 0 Å². The molecule has 62 valence electrons. The van der Waals surface area contributed by atoms with Crippen LogP contribution in [0.15, 0.2) is 12.2 Å². The lowest BCUT2D eigenvalue weighted by atomic mass is 9.60. The summed E-state index contributed by atoms with van der Waals surface area (Å²) in [6.45, 7) is 4.61. The highest BCUT2D eigenvalue weighted by Crippen LogP contribution is 2.48. The average molecular weight is 152 g/mol. The standard InChI is InChI=1S/C10H16O/c1-10(2)6-7-3-4-8(10)5-9(7)11/h3-4,7-9,11H,5-6H2,1-2H3/t7-,8-,9+/m1/s1. The maximum Gasteiger partial charge on any atom is 0.0608 e. The third kappa shape index (κ3) is 1.02. The molecule has 0 aromatic heterocycles. The van der Waals surface area contributed by atoms with Gasteiger partial charge in [-0.15, -0.1) is 0 Å². The van der Waals surface area contributed by atoms with Gasteiger partial charge in [0, 0.05) is 5.92 Å². The maximum absolute atomic E-state index is 9.58. The molecule has 0 aromatic carbocycles. The molecule has 0 unspecified atom stereocenters. The van der Waals surface area contributed by atoms with Crippen molar-refractivity contribution < 1.29 is 5.11 Å². The Balaban J connectivity index is 2.27. The second-order valence-corrected chi connectivity index (χ2v) is 4.65. The van der Waals surface area contributed by atoms with Gasteiger partial charge in [0.25, 0.3) is 0 Å². The third-order valence-corrected chi connectivity index (χ3v) is 3.35. The smallest absolute Gasteiger partial charge is 0.0608 e. The van der Waals surface area contributed by atoms with E-state index < -0.39 is 0 Å². The van der Waals surface area contributed by atoms with Gasteiger partial charge in [-0.1, -0.05) is 26.0 Å². The van der Waals surface area contributed by atoms with Gasteiger partial charge < -0.3 is 5.11 Å². The number of rotatable bonds is 0. The van der Waals surface area contributed by atoms with Crippen molar-refractivity contribution in [2.24, 2.45) is 17.3 Å². The second kappa shape index (κ2) is 2.10. The van der Waals surface area contributed by atoms with Gasteiger partial charge in [-0.2, -0.15) is 0 Å². The number of hydrogen-bond acceptors (Lipinski definition) is 1. The van der Waals surface area contributed by atoms with Crippen LogP contribution in [0, 0.1) is 17.3 Å². The molecular weight excluding hydrogens is 136 g/mol. The molecule has 0 aromatic rings. The molecule has 3 atom stereocenters. The Labute approximate surface area is 68.1 Å². The van der Waals surface area contributed by atoms with Crippen LogP contribution in [0.1, 0.15) is 26.7 Å². The summed E-state index contributed by atoms with van der Waals surface area (Å²) in [5.41, 5.74) is 0.429. The van der Waals surface area contributed by atoms with Crippen molar-refractivity contribution in [2.75, 3.05) is 0 Å². The largest absolute Gasteiger partial charge is 0.392 e. The number of allylic oxidation sites excluding steroid dienone is 1. The normalized spacial score (nSPS) is 46.3. The van der Waals surface area contributed by atoms with Gasteiger partial charge in [0.05, 0.1) is 6.10 Å². The van der Waals surface area contributed by atoms with E-state index in [0.29, 0.717) is 17.3 Å². The molecule has 0 radical (unpaired) electrons. The molecule has 0 aliphatic heterocycles. The van der Waals surface area contributed by atoms with E-state index in [9.17, 15) is 5.11 Å². The van der Waals surface area contributed by atoms with Gasteiger partial charge >= 0.3 is 0 Å². The average Bonchev–Trinajstić information content (AvgIpc) is 1.90. The zero-order valence-corrected chi connectivity index (χ0v) is 7.25. The molecule has 11 heavy (non-hydrogen) atoms. The fourth-order valence-electron chi connectivity index (χ4n) is 2.46. The Morgan fingerprint density at radius 1 is 1.36 bits per heavy atom. The molecule has 0 spiro atoms. The summed E-state index contributed by atoms with van der Waals surface area (Å²) in [6.07, 6.45) is 6.58. The van der Waals surface area contributed by atoms with Crippen molar-refractivity contribution >= 4 is 0 Å². The molecule has 3 aliphatic carbocycles. The molecule has 2 bridgehead atoms. The highest BCUT2D eigenvalue weighted by atomic mass is 16.3. The van der Waals surface area contributed by atoms with Crippen molar-refractivity contribution in [3.63, 3.8) is 0 Å². The third-order valence-electron chi connectivity index (χ3n) is 3.35. The summed E-state index contributed by atoms with van der Waals surface area (Å²) in [5.74, 6) is 1.05. The Bertz CT molecular complexity index is 193. The number of aliphatic hydroxyl groups excluding tert-OH is 1. The van der Waals surface area contributed by atoms with Crippen molar-refractivity contribution in [1.82, 2.24) is 0 Å². The Hall–Kier alpha value is -0.300. The van der Waals surface area contributed by atoms with Gasteiger partial charge in [0.1, 0.15) is 0 Å². The van der Waals surface area contributed by atoms with E-state index in [4.69, 9.17) is 0 Å². The SMILES string of the molecule is CC1(C)C[C@H]2C=C[C@@H]1C[C@@H]2O. The van der Waals surface area contributed by atoms with Gasteiger partial charge in [-0.3, -0.25) is 0 Å². The van der Waals surface area contributed by atoms with Crippen LogP contribution in [0.3, 0.4) is 0 Å². The minimum atomic E-state index is -0.0574. The monoisotopic (exact) mass is 152 g/mol. The lowest BCUT2D eigenvalue weighted by molar-refractivity contribution is 0.00256. The first-order chi connectivity index (χ1) is 5.09. The van der Waals surface area contributed by atoms with Crippen LogP contribution in [0.5, 0.6) is 0 Å². The van der Waals surface area contributed by atoms with E-state index in [2.05, 4.69) is 26.0 Å². The van der Waals surface area contributed by atoms with Crippen molar-refractivity contribution in [3.8, 4) is 0 Å². The van der Waals surface area contributed by atoms with Gasteiger partial charge in [-0.05, 0) is 24.2 Å². The lowest BCUT2D eigenvalue weighted by Crippen LogP contribution is -2.42. The van der Waals surface area contributed by atoms with Crippen LogP contribution in [0.25, 0.3) is 0 Å². The van der Waals surface area contributed by atoms with Crippen molar-refractivity contribution in [3.05, 3.63) is 12.2 Å². The summed E-state index contributed by atoms with van der Waals surface area (Å²) in [4.78, 5) is 0. The molecule has 0 amide bonds. The molecule has 1 heteroatoms. The quantitative estimate of drug-likeness (QED) is 0.526. The van der Waals surface area contributed by atoms with E-state index in [1.165, 1.54) is 0 Å². The number of fused-ring (bicyclic) bond motifs is 2. The van der Waals surface area contributed by atoms with Gasteiger partial charge in [0.15, 0.2) is 0 Å². The first kappa shape index (κ1) is 7.35. The summed E-state index contributed by atoms with van der Waals surface area (Å²) < 4.78 is 0. The molecule has 0 saturated heterocycles. The molecule has 1 saturated carbocycles. The van der Waals surface area contributed by atoms with E-state index in [-0.39, 0.29) is 6.10 Å². The number of hydrogen-bond donors (Lipinski definition) is 1. The molecule has 1 fully saturated rings. The van der Waals surface area contributed by atoms with Crippen LogP contribution in [-0.2, 0) is 0 Å². The summed E-state index contributed by atoms with van der Waals surface area (Å²) >= 11 is 0. The molecule has 3 rings (SSSR count). The van der Waals surface area contributed by atoms with Crippen molar-refractivity contribution in [1.29, 1.82) is 0 Å². The first-order valence-electron chi connectivity index (χ1n) is 4.46. The predicted molar refractivity (Wildman–Crippen MR) is 45.1 cm³/mol. The van der Waals surface area contributed by atoms with Crippen molar-refractivity contribution in [2.45, 2.75) is 32.8 Å². The van der Waals surface area contributed by atoms with Crippen LogP contribution < -0.4 is 0 Å². The Kier molecular flexibility index (Phi) is 1.40. The molecular formula is C10H16O. The van der Waals surface area contributed by atoms with E-state index in [0.717, 1.165) is 12.8 Å². The van der Waals surface area contributed by atoms with E-state index >= 15 is 0 Å². The Morgan fingerprint density at radius 3 is 2.36 bits per heavy atom. The highest BCUT2D eigenvalue weighted by Gasteiger charge is 2.42. The predicted octanol–water partition coefficient (Wildman–Crippen LogP) is 1.97. The summed E-state index contributed by atoms with van der Waals surface area (Å²) in [6, 6.07) is 0. The zero-order valence-electron chi connectivity index (χ0n) is 7.25. The summed E-state index contributed by atoms with van der Waals surface area (Å²) in [7, 11) is 0. The minimum Gasteiger partial charge on any atom is -0.392 e. The number of aliphatic hydroxyl groups is 1.